The molecule has 0 spiro atoms. The van der Waals surface area contributed by atoms with Crippen LogP contribution in [0.4, 0.5) is 0 Å². The molecule has 0 aromatic rings. The molecule has 0 fully saturated rings. The monoisotopic (exact) mass is 379 g/mol. The summed E-state index contributed by atoms with van der Waals surface area (Å²) in [5.74, 6) is 0.597. The molecular formula is C15H36O7V. The maximum atomic E-state index is 8.71. The molecule has 143 valence electrons. The molecule has 0 bridgehead atoms. The average Bonchev–Trinajstić information content (AvgIpc) is 2.54. The molecule has 0 aromatic heterocycles. The summed E-state index contributed by atoms with van der Waals surface area (Å²) >= 11 is 1.06. The Bertz CT molecular complexity index is 183. The zero-order valence-corrected chi connectivity index (χ0v) is 17.3. The van der Waals surface area contributed by atoms with Gasteiger partial charge in [-0.3, -0.25) is 0 Å². The number of rotatable bonds is 6. The van der Waals surface area contributed by atoms with Crippen molar-refractivity contribution in [3.63, 3.8) is 0 Å². The standard InChI is InChI=1S/3C5H12O2.O.V/c3*1-4(2)5(6)7-3;;/h3*4-6H,1-3H3;;. The first kappa shape index (κ1) is 31.0. The van der Waals surface area contributed by atoms with E-state index in [9.17, 15) is 0 Å². The first-order chi connectivity index (χ1) is 10.5. The van der Waals surface area contributed by atoms with Crippen molar-refractivity contribution in [2.75, 3.05) is 21.3 Å². The van der Waals surface area contributed by atoms with Crippen molar-refractivity contribution < 1.29 is 50.6 Å². The zero-order chi connectivity index (χ0) is 19.6. The fourth-order valence-electron chi connectivity index (χ4n) is 0.816. The summed E-state index contributed by atoms with van der Waals surface area (Å²) in [4.78, 5) is 0. The number of aliphatic hydroxyl groups is 3. The SMILES string of the molecule is COC(O)C(C)C.COC(O)C(C)C.COC(O)C(C)C.[O]=[V]. The van der Waals surface area contributed by atoms with Gasteiger partial charge in [-0.15, -0.1) is 0 Å². The van der Waals surface area contributed by atoms with E-state index in [-0.39, 0.29) is 17.8 Å². The second-order valence-electron chi connectivity index (χ2n) is 5.61. The van der Waals surface area contributed by atoms with Gasteiger partial charge >= 0.3 is 21.0 Å². The van der Waals surface area contributed by atoms with Crippen LogP contribution in [0.3, 0.4) is 0 Å². The molecule has 7 nitrogen and oxygen atoms in total. The van der Waals surface area contributed by atoms with Gasteiger partial charge in [0.15, 0.2) is 18.9 Å². The molecule has 0 aromatic carbocycles. The average molecular weight is 379 g/mol. The molecule has 0 saturated carbocycles. The molecule has 3 atom stereocenters. The fraction of sp³-hybridized carbons (Fsp3) is 1.00. The minimum atomic E-state index is -0.597. The van der Waals surface area contributed by atoms with Crippen LogP contribution < -0.4 is 0 Å². The number of aliphatic hydroxyl groups excluding tert-OH is 3. The van der Waals surface area contributed by atoms with E-state index in [0.29, 0.717) is 0 Å². The summed E-state index contributed by atoms with van der Waals surface area (Å²) < 4.78 is 21.9. The molecular weight excluding hydrogens is 343 g/mol. The molecule has 3 unspecified atom stereocenters. The molecule has 0 radical (unpaired) electrons. The van der Waals surface area contributed by atoms with E-state index >= 15 is 0 Å². The van der Waals surface area contributed by atoms with Gasteiger partial charge in [0, 0.05) is 39.1 Å². The first-order valence-corrected chi connectivity index (χ1v) is 7.92. The number of hydrogen-bond donors (Lipinski definition) is 3. The Morgan fingerprint density at radius 2 is 0.696 bits per heavy atom. The van der Waals surface area contributed by atoms with Crippen LogP contribution >= 0.6 is 0 Å². The molecule has 0 saturated heterocycles. The van der Waals surface area contributed by atoms with Crippen LogP contribution in [0.25, 0.3) is 0 Å². The van der Waals surface area contributed by atoms with Gasteiger partial charge in [-0.2, -0.15) is 0 Å². The summed E-state index contributed by atoms with van der Waals surface area (Å²) in [6, 6.07) is 0. The molecule has 0 rings (SSSR count). The van der Waals surface area contributed by atoms with Gasteiger partial charge in [-0.05, 0) is 0 Å². The third-order valence-corrected chi connectivity index (χ3v) is 2.44. The Balaban J connectivity index is -0.000000111. The van der Waals surface area contributed by atoms with Gasteiger partial charge in [0.05, 0.1) is 0 Å². The Morgan fingerprint density at radius 3 is 0.696 bits per heavy atom. The summed E-state index contributed by atoms with van der Waals surface area (Å²) in [7, 11) is 4.47. The molecule has 0 aliphatic carbocycles. The predicted octanol–water partition coefficient (Wildman–Crippen LogP) is 1.70. The second-order valence-corrected chi connectivity index (χ2v) is 5.61. The van der Waals surface area contributed by atoms with Crippen molar-refractivity contribution in [3.8, 4) is 0 Å². The van der Waals surface area contributed by atoms with Gasteiger partial charge in [-0.1, -0.05) is 41.5 Å². The van der Waals surface area contributed by atoms with E-state index in [1.165, 1.54) is 21.3 Å². The van der Waals surface area contributed by atoms with Gasteiger partial charge < -0.3 is 29.5 Å². The van der Waals surface area contributed by atoms with Crippen molar-refractivity contribution in [2.45, 2.75) is 60.4 Å². The Hall–Kier alpha value is 0.144. The molecule has 23 heavy (non-hydrogen) atoms. The van der Waals surface area contributed by atoms with E-state index < -0.39 is 18.9 Å². The van der Waals surface area contributed by atoms with Crippen LogP contribution in [0.1, 0.15) is 41.5 Å². The topological polar surface area (TPSA) is 105 Å². The maximum absolute atomic E-state index is 8.71. The van der Waals surface area contributed by atoms with E-state index in [4.69, 9.17) is 19.0 Å². The van der Waals surface area contributed by atoms with E-state index in [2.05, 4.69) is 14.2 Å². The van der Waals surface area contributed by atoms with Crippen molar-refractivity contribution in [1.82, 2.24) is 0 Å². The zero-order valence-electron chi connectivity index (χ0n) is 15.9. The first-order valence-electron chi connectivity index (χ1n) is 7.35. The van der Waals surface area contributed by atoms with Gasteiger partial charge in [0.25, 0.3) is 0 Å². The third-order valence-electron chi connectivity index (χ3n) is 2.44. The molecule has 0 amide bonds. The van der Waals surface area contributed by atoms with Crippen LogP contribution in [-0.2, 0) is 35.3 Å². The summed E-state index contributed by atoms with van der Waals surface area (Å²) in [6.07, 6.45) is -1.79. The predicted molar refractivity (Wildman–Crippen MR) is 84.2 cm³/mol. The van der Waals surface area contributed by atoms with Crippen molar-refractivity contribution in [2.24, 2.45) is 17.8 Å². The van der Waals surface area contributed by atoms with Crippen molar-refractivity contribution in [1.29, 1.82) is 0 Å². The van der Waals surface area contributed by atoms with Gasteiger partial charge in [0.1, 0.15) is 0 Å². The van der Waals surface area contributed by atoms with Crippen molar-refractivity contribution in [3.05, 3.63) is 0 Å². The molecule has 8 heteroatoms. The molecule has 0 heterocycles. The van der Waals surface area contributed by atoms with Crippen LogP contribution in [-0.4, -0.2) is 55.5 Å². The summed E-state index contributed by atoms with van der Waals surface area (Å²) in [5.41, 5.74) is 0. The molecule has 0 aliphatic rings. The second kappa shape index (κ2) is 22.1. The molecule has 0 aliphatic heterocycles. The Kier molecular flexibility index (Phi) is 29.8. The fourth-order valence-corrected chi connectivity index (χ4v) is 0.816. The third kappa shape index (κ3) is 27.3. The summed E-state index contributed by atoms with van der Waals surface area (Å²) in [5, 5.41) is 26.1. The van der Waals surface area contributed by atoms with Crippen molar-refractivity contribution >= 4 is 0 Å². The Labute approximate surface area is 150 Å². The van der Waals surface area contributed by atoms with Gasteiger partial charge in [-0.25, -0.2) is 0 Å². The minimum absolute atomic E-state index is 0.199. The molecule has 3 N–H and O–H groups in total. The number of hydrogen-bond acceptors (Lipinski definition) is 7. The normalized spacial score (nSPS) is 13.8. The number of methoxy groups -OCH3 is 3. The van der Waals surface area contributed by atoms with Crippen LogP contribution in [0.2, 0.25) is 0 Å². The summed E-state index contributed by atoms with van der Waals surface area (Å²) in [6.45, 7) is 11.4. The van der Waals surface area contributed by atoms with Crippen LogP contribution in [0.5, 0.6) is 0 Å². The van der Waals surface area contributed by atoms with Crippen LogP contribution in [0.15, 0.2) is 0 Å². The van der Waals surface area contributed by atoms with E-state index in [1.54, 1.807) is 0 Å². The quantitative estimate of drug-likeness (QED) is 0.603. The number of ether oxygens (including phenoxy) is 3. The van der Waals surface area contributed by atoms with Crippen LogP contribution in [0, 0.1) is 17.8 Å². The Morgan fingerprint density at radius 1 is 0.565 bits per heavy atom. The van der Waals surface area contributed by atoms with Gasteiger partial charge in [0.2, 0.25) is 0 Å². The van der Waals surface area contributed by atoms with E-state index in [0.717, 1.165) is 17.4 Å². The van der Waals surface area contributed by atoms with E-state index in [1.807, 2.05) is 41.5 Å².